The summed E-state index contributed by atoms with van der Waals surface area (Å²) in [7, 11) is 1.65. The molecule has 0 spiro atoms. The van der Waals surface area contributed by atoms with E-state index in [4.69, 9.17) is 9.15 Å². The van der Waals surface area contributed by atoms with Gasteiger partial charge in [0.15, 0.2) is 0 Å². The number of nitrogens with zero attached hydrogens (tertiary/aromatic N) is 2. The molecule has 1 saturated heterocycles. The maximum absolute atomic E-state index is 12.1. The van der Waals surface area contributed by atoms with Crippen LogP contribution < -0.4 is 5.32 Å². The average Bonchev–Trinajstić information content (AvgIpc) is 2.99. The molecule has 1 N–H and O–H groups in total. The number of aromatic nitrogens is 1. The molecule has 0 saturated carbocycles. The zero-order chi connectivity index (χ0) is 15.4. The zero-order valence-electron chi connectivity index (χ0n) is 12.5. The van der Waals surface area contributed by atoms with Gasteiger partial charge in [-0.3, -0.25) is 0 Å². The van der Waals surface area contributed by atoms with Gasteiger partial charge >= 0.3 is 6.03 Å². The van der Waals surface area contributed by atoms with Crippen molar-refractivity contribution in [2.45, 2.75) is 19.0 Å². The molecule has 22 heavy (non-hydrogen) atoms. The molecule has 3 rings (SSSR count). The summed E-state index contributed by atoms with van der Waals surface area (Å²) in [6.07, 6.45) is 2.56. The van der Waals surface area contributed by atoms with Crippen LogP contribution in [0.2, 0.25) is 0 Å². The van der Waals surface area contributed by atoms with E-state index in [1.165, 1.54) is 0 Å². The van der Waals surface area contributed by atoms with Crippen LogP contribution in [0.25, 0.3) is 11.5 Å². The van der Waals surface area contributed by atoms with Crippen molar-refractivity contribution in [3.05, 3.63) is 42.3 Å². The number of ether oxygens (including phenoxy) is 1. The zero-order valence-corrected chi connectivity index (χ0v) is 12.5. The van der Waals surface area contributed by atoms with Crippen LogP contribution in [0.1, 0.15) is 12.1 Å². The lowest BCUT2D eigenvalue weighted by atomic mass is 10.1. The molecule has 1 aliphatic heterocycles. The summed E-state index contributed by atoms with van der Waals surface area (Å²) in [5.41, 5.74) is 1.62. The van der Waals surface area contributed by atoms with Gasteiger partial charge in [-0.25, -0.2) is 9.78 Å². The predicted octanol–water partition coefficient (Wildman–Crippen LogP) is 2.27. The standard InChI is InChI=1S/C16H19N3O3/c1-21-11-14-7-8-19(14)16(20)17-9-13-10-22-15(18-13)12-5-3-2-4-6-12/h2-6,10,14H,7-9,11H2,1H3,(H,17,20). The third-order valence-corrected chi connectivity index (χ3v) is 3.76. The van der Waals surface area contributed by atoms with E-state index in [9.17, 15) is 4.79 Å². The fraction of sp³-hybridized carbons (Fsp3) is 0.375. The van der Waals surface area contributed by atoms with Crippen molar-refractivity contribution in [1.29, 1.82) is 0 Å². The Hall–Kier alpha value is -2.34. The van der Waals surface area contributed by atoms with E-state index in [-0.39, 0.29) is 12.1 Å². The number of hydrogen-bond acceptors (Lipinski definition) is 4. The molecule has 0 bridgehead atoms. The van der Waals surface area contributed by atoms with Crippen LogP contribution in [0.15, 0.2) is 41.0 Å². The quantitative estimate of drug-likeness (QED) is 0.920. The van der Waals surface area contributed by atoms with E-state index in [1.807, 2.05) is 30.3 Å². The van der Waals surface area contributed by atoms with Crippen molar-refractivity contribution < 1.29 is 13.9 Å². The number of hydrogen-bond donors (Lipinski definition) is 1. The molecule has 1 aliphatic rings. The Morgan fingerprint density at radius 2 is 2.27 bits per heavy atom. The number of urea groups is 1. The van der Waals surface area contributed by atoms with Gasteiger partial charge in [-0.05, 0) is 18.6 Å². The lowest BCUT2D eigenvalue weighted by Gasteiger charge is -2.40. The summed E-state index contributed by atoms with van der Waals surface area (Å²) in [5, 5.41) is 2.86. The maximum Gasteiger partial charge on any atom is 0.318 e. The molecule has 1 atom stereocenters. The third kappa shape index (κ3) is 3.12. The van der Waals surface area contributed by atoms with E-state index in [0.29, 0.717) is 24.7 Å². The predicted molar refractivity (Wildman–Crippen MR) is 81.2 cm³/mol. The van der Waals surface area contributed by atoms with Crippen molar-refractivity contribution in [2.75, 3.05) is 20.3 Å². The molecule has 0 radical (unpaired) electrons. The number of oxazole rings is 1. The number of carbonyl (C=O) groups excluding carboxylic acids is 1. The SMILES string of the molecule is COCC1CCN1C(=O)NCc1coc(-c2ccccc2)n1. The molecule has 1 fully saturated rings. The normalized spacial score (nSPS) is 17.1. The van der Waals surface area contributed by atoms with E-state index in [0.717, 1.165) is 18.5 Å². The molecular weight excluding hydrogens is 282 g/mol. The fourth-order valence-electron chi connectivity index (χ4n) is 2.44. The highest BCUT2D eigenvalue weighted by atomic mass is 16.5. The Bertz CT molecular complexity index is 627. The number of carbonyl (C=O) groups is 1. The lowest BCUT2D eigenvalue weighted by molar-refractivity contribution is 0.0492. The van der Waals surface area contributed by atoms with Gasteiger partial charge in [0.1, 0.15) is 6.26 Å². The Morgan fingerprint density at radius 1 is 1.45 bits per heavy atom. The first-order valence-electron chi connectivity index (χ1n) is 7.31. The minimum absolute atomic E-state index is 0.0856. The Morgan fingerprint density at radius 3 is 2.95 bits per heavy atom. The molecule has 1 aromatic carbocycles. The minimum atomic E-state index is -0.0856. The second-order valence-corrected chi connectivity index (χ2v) is 5.26. The van der Waals surface area contributed by atoms with Crippen LogP contribution in [-0.2, 0) is 11.3 Å². The number of benzene rings is 1. The van der Waals surface area contributed by atoms with E-state index >= 15 is 0 Å². The van der Waals surface area contributed by atoms with E-state index < -0.39 is 0 Å². The summed E-state index contributed by atoms with van der Waals surface area (Å²) in [6, 6.07) is 9.77. The molecule has 116 valence electrons. The van der Waals surface area contributed by atoms with Gasteiger partial charge in [-0.2, -0.15) is 0 Å². The van der Waals surface area contributed by atoms with Crippen LogP contribution in [0, 0.1) is 0 Å². The molecule has 6 nitrogen and oxygen atoms in total. The first-order valence-corrected chi connectivity index (χ1v) is 7.31. The Labute approximate surface area is 129 Å². The number of rotatable bonds is 5. The Kier molecular flexibility index (Phi) is 4.39. The number of methoxy groups -OCH3 is 1. The molecule has 6 heteroatoms. The summed E-state index contributed by atoms with van der Waals surface area (Å²) in [5.74, 6) is 0.561. The molecule has 2 amide bonds. The first-order chi connectivity index (χ1) is 10.8. The largest absolute Gasteiger partial charge is 0.444 e. The molecule has 1 aromatic heterocycles. The second-order valence-electron chi connectivity index (χ2n) is 5.26. The molecule has 0 aliphatic carbocycles. The number of nitrogens with one attached hydrogen (secondary N) is 1. The monoisotopic (exact) mass is 301 g/mol. The van der Waals surface area contributed by atoms with Crippen LogP contribution in [0.5, 0.6) is 0 Å². The summed E-state index contributed by atoms with van der Waals surface area (Å²) in [6.45, 7) is 1.70. The summed E-state index contributed by atoms with van der Waals surface area (Å²) in [4.78, 5) is 18.2. The highest BCUT2D eigenvalue weighted by Gasteiger charge is 2.31. The van der Waals surface area contributed by atoms with Crippen molar-refractivity contribution in [1.82, 2.24) is 15.2 Å². The van der Waals surface area contributed by atoms with E-state index in [1.54, 1.807) is 18.3 Å². The highest BCUT2D eigenvalue weighted by Crippen LogP contribution is 2.19. The average molecular weight is 301 g/mol. The Balaban J connectivity index is 1.54. The maximum atomic E-state index is 12.1. The fourth-order valence-corrected chi connectivity index (χ4v) is 2.44. The van der Waals surface area contributed by atoms with Gasteiger partial charge in [0.2, 0.25) is 5.89 Å². The van der Waals surface area contributed by atoms with Crippen molar-refractivity contribution in [3.8, 4) is 11.5 Å². The van der Waals surface area contributed by atoms with Gasteiger partial charge in [-0.15, -0.1) is 0 Å². The van der Waals surface area contributed by atoms with Crippen LogP contribution in [-0.4, -0.2) is 42.2 Å². The summed E-state index contributed by atoms with van der Waals surface area (Å²) < 4.78 is 10.5. The van der Waals surface area contributed by atoms with Crippen molar-refractivity contribution >= 4 is 6.03 Å². The molecule has 2 heterocycles. The van der Waals surface area contributed by atoms with Crippen LogP contribution in [0.3, 0.4) is 0 Å². The van der Waals surface area contributed by atoms with Gasteiger partial charge in [0.05, 0.1) is 24.9 Å². The van der Waals surface area contributed by atoms with Crippen molar-refractivity contribution in [2.24, 2.45) is 0 Å². The number of likely N-dealkylation sites (tertiary alicyclic amines) is 1. The molecular formula is C16H19N3O3. The van der Waals surface area contributed by atoms with Gasteiger partial charge in [0.25, 0.3) is 0 Å². The second kappa shape index (κ2) is 6.62. The van der Waals surface area contributed by atoms with Crippen molar-refractivity contribution in [3.63, 3.8) is 0 Å². The molecule has 1 unspecified atom stereocenters. The minimum Gasteiger partial charge on any atom is -0.444 e. The first kappa shape index (κ1) is 14.6. The molecule has 2 aromatic rings. The highest BCUT2D eigenvalue weighted by molar-refractivity contribution is 5.75. The van der Waals surface area contributed by atoms with Crippen LogP contribution >= 0.6 is 0 Å². The van der Waals surface area contributed by atoms with Gasteiger partial charge < -0.3 is 19.4 Å². The lowest BCUT2D eigenvalue weighted by Crippen LogP contribution is -2.56. The third-order valence-electron chi connectivity index (χ3n) is 3.76. The van der Waals surface area contributed by atoms with Crippen LogP contribution in [0.4, 0.5) is 4.79 Å². The topological polar surface area (TPSA) is 67.6 Å². The smallest absolute Gasteiger partial charge is 0.318 e. The summed E-state index contributed by atoms with van der Waals surface area (Å²) >= 11 is 0. The van der Waals surface area contributed by atoms with E-state index in [2.05, 4.69) is 10.3 Å². The van der Waals surface area contributed by atoms with Gasteiger partial charge in [-0.1, -0.05) is 18.2 Å². The van der Waals surface area contributed by atoms with Gasteiger partial charge in [0, 0.05) is 19.2 Å². The number of amides is 2.